The molecule has 32 heteroatoms. The van der Waals surface area contributed by atoms with Gasteiger partial charge in [0.2, 0.25) is 29.5 Å². The lowest BCUT2D eigenvalue weighted by atomic mass is 9.76. The maximum absolute atomic E-state index is 13.3. The van der Waals surface area contributed by atoms with Gasteiger partial charge in [0.05, 0.1) is 94.8 Å². The number of carbonyl (C=O) groups excluding carboxylic acids is 6. The Kier molecular flexibility index (Phi) is 31.4. The number of unbranched alkanes of at least 4 members (excludes halogenated alkanes) is 1. The van der Waals surface area contributed by atoms with Gasteiger partial charge in [0.25, 0.3) is 10.1 Å². The zero-order valence-electron chi connectivity index (χ0n) is 58.4. The number of nitrogens with zero attached hydrogens (tertiary/aromatic N) is 2. The van der Waals surface area contributed by atoms with Crippen LogP contribution in [-0.4, -0.2) is 238 Å². The van der Waals surface area contributed by atoms with Crippen molar-refractivity contribution in [3.63, 3.8) is 0 Å². The molecule has 562 valence electrons. The molecular weight excluding hydrogens is 1390 g/mol. The number of nitrogens with one attached hydrogen (secondary N) is 7. The molecule has 1 aliphatic carbocycles. The molecule has 0 spiro atoms. The second-order valence-electron chi connectivity index (χ2n) is 27.0. The second kappa shape index (κ2) is 39.3. The lowest BCUT2D eigenvalue weighted by Gasteiger charge is -2.46. The highest BCUT2D eigenvalue weighted by atomic mass is 32.2. The summed E-state index contributed by atoms with van der Waals surface area (Å²) in [6.07, 6.45) is 18.2. The number of urea groups is 1. The third-order valence-corrected chi connectivity index (χ3v) is 21.9. The van der Waals surface area contributed by atoms with Crippen molar-refractivity contribution in [2.24, 2.45) is 5.41 Å². The van der Waals surface area contributed by atoms with Crippen molar-refractivity contribution in [3.05, 3.63) is 93.7 Å². The summed E-state index contributed by atoms with van der Waals surface area (Å²) in [5.74, 6) is 0.595. The molecule has 0 aromatic heterocycles. The van der Waals surface area contributed by atoms with E-state index in [4.69, 9.17) is 33.2 Å². The SMILES string of the molecule is CC(C)(C)C1=CC(/C=C/C=C2\N(CCCS(=O)(=O)O)c3ccc(S(=O)(=O)[O-])cc3C2(C)CCCC(=O)NCCOCCOCCNC(=O)COCCOCCNC(=O)[C@H](CS)NC(=O)COCCOCCNC(=O)CCCC[C@@H]2SCC3NC(=O)NC32)=C2C=C3CCCN4CCCC(=C2O1)C34. The van der Waals surface area contributed by atoms with Gasteiger partial charge in [-0.2, -0.15) is 32.8 Å². The van der Waals surface area contributed by atoms with E-state index in [0.29, 0.717) is 48.0 Å². The van der Waals surface area contributed by atoms with Gasteiger partial charge in [-0.3, -0.25) is 33.4 Å². The first-order valence-corrected chi connectivity index (χ1v) is 39.7. The number of anilines is 1. The highest BCUT2D eigenvalue weighted by molar-refractivity contribution is 8.00. The number of allylic oxidation sites excluding steroid dienone is 8. The molecule has 4 fully saturated rings. The van der Waals surface area contributed by atoms with Crippen molar-refractivity contribution < 1.29 is 87.9 Å². The summed E-state index contributed by atoms with van der Waals surface area (Å²) in [5, 5.41) is 19.9. The number of rotatable bonds is 44. The average molecular weight is 1490 g/mol. The van der Waals surface area contributed by atoms with E-state index in [-0.39, 0.29) is 171 Å². The van der Waals surface area contributed by atoms with Crippen LogP contribution in [-0.2, 0) is 82.8 Å². The van der Waals surface area contributed by atoms with Gasteiger partial charge in [-0.1, -0.05) is 39.3 Å². The Labute approximate surface area is 603 Å². The lowest BCUT2D eigenvalue weighted by molar-refractivity contribution is -0.131. The number of benzene rings is 1. The third-order valence-electron chi connectivity index (χ3n) is 18.4. The minimum atomic E-state index is -4.88. The largest absolute Gasteiger partial charge is 0.744 e. The molecular formula is C69H102N9O19S4-. The fourth-order valence-electron chi connectivity index (χ4n) is 13.4. The smallest absolute Gasteiger partial charge is 0.315 e. The van der Waals surface area contributed by atoms with Crippen molar-refractivity contribution in [1.82, 2.24) is 42.1 Å². The van der Waals surface area contributed by atoms with Gasteiger partial charge in [-0.25, -0.2) is 13.2 Å². The van der Waals surface area contributed by atoms with Gasteiger partial charge >= 0.3 is 6.03 Å². The molecule has 7 aliphatic rings. The lowest BCUT2D eigenvalue weighted by Crippen LogP contribution is -2.49. The van der Waals surface area contributed by atoms with E-state index in [9.17, 15) is 54.7 Å². The predicted molar refractivity (Wildman–Crippen MR) is 382 cm³/mol. The molecule has 0 saturated carbocycles. The fourth-order valence-corrected chi connectivity index (χ4v) is 16.2. The topological polar surface area (TPSA) is 369 Å². The zero-order valence-corrected chi connectivity index (χ0v) is 61.8. The first kappa shape index (κ1) is 80.8. The Hall–Kier alpha value is -5.88. The number of thiol groups is 1. The van der Waals surface area contributed by atoms with Gasteiger partial charge in [0.15, 0.2) is 0 Å². The minimum absolute atomic E-state index is 0.0355. The molecule has 4 unspecified atom stereocenters. The van der Waals surface area contributed by atoms with E-state index in [0.717, 1.165) is 86.5 Å². The first-order valence-electron chi connectivity index (χ1n) is 35.0. The molecule has 6 aliphatic heterocycles. The molecule has 1 aromatic carbocycles. The predicted octanol–water partition coefficient (Wildman–Crippen LogP) is 3.97. The number of thioether (sulfide) groups is 1. The first-order chi connectivity index (χ1) is 48.3. The second-order valence-corrected chi connectivity index (χ2v) is 31.6. The highest BCUT2D eigenvalue weighted by Gasteiger charge is 2.45. The van der Waals surface area contributed by atoms with Crippen LogP contribution < -0.4 is 42.1 Å². The van der Waals surface area contributed by atoms with Crippen LogP contribution in [0.25, 0.3) is 0 Å². The number of hydrogen-bond donors (Lipinski definition) is 9. The standard InChI is InChI=1S/C69H103N9O19S4/c1-68(2,3)58-41-47(51-40-48-13-9-26-77-27-10-14-50(64(48)77)65(51)97-58)12-7-16-57-69(4,52-42-49(101(88,89)90)19-20-55(52)78(57)28-11-39-100(85,86)87)21-8-18-60(80)71-23-29-91-33-34-92-31-24-72-61(81)43-95-37-35-94-32-25-73-66(83)53(45-98)74-62(82)44-96-38-36-93-30-22-70-59(79)17-6-5-15-56-63-54(46-99-56)75-67(84)76-63/h7,12,16,19-20,40-42,53-54,56,63-64,98H,5-6,8-11,13-15,17-18,21-39,43-46H2,1-4H3,(H,70,79)(H,71,80)(H,72,81)(H,73,83)(H,74,82)(H2,75,76,84)(H,85,86,87)(H,88,89,90)/p-1/b12-7+,57-16-/t53-,54?,56-,63?,64?,69?/m0/s1. The summed E-state index contributed by atoms with van der Waals surface area (Å²) >= 11 is 6.04. The van der Waals surface area contributed by atoms with Crippen LogP contribution in [0.15, 0.2) is 93.0 Å². The van der Waals surface area contributed by atoms with Crippen molar-refractivity contribution in [3.8, 4) is 0 Å². The molecule has 28 nitrogen and oxygen atoms in total. The average Bonchev–Trinajstić information content (AvgIpc) is 1.71. The van der Waals surface area contributed by atoms with E-state index < -0.39 is 54.2 Å². The van der Waals surface area contributed by atoms with Gasteiger partial charge < -0.3 is 79.8 Å². The Balaban J connectivity index is 0.660. The third kappa shape index (κ3) is 24.6. The monoisotopic (exact) mass is 1490 g/mol. The van der Waals surface area contributed by atoms with Crippen LogP contribution in [0.4, 0.5) is 10.5 Å². The Bertz CT molecular complexity index is 3480. The molecule has 6 atom stereocenters. The summed E-state index contributed by atoms with van der Waals surface area (Å²) in [6, 6.07) is 3.76. The Morgan fingerprint density at radius 2 is 1.41 bits per heavy atom. The highest BCUT2D eigenvalue weighted by Crippen LogP contribution is 2.52. The van der Waals surface area contributed by atoms with Gasteiger partial charge in [0, 0.05) is 90.1 Å². The van der Waals surface area contributed by atoms with Gasteiger partial charge in [0.1, 0.15) is 40.9 Å². The molecule has 6 heterocycles. The maximum Gasteiger partial charge on any atom is 0.315 e. The minimum Gasteiger partial charge on any atom is -0.744 e. The molecule has 8 N–H and O–H groups in total. The van der Waals surface area contributed by atoms with E-state index in [1.807, 2.05) is 41.8 Å². The summed E-state index contributed by atoms with van der Waals surface area (Å²) in [6.45, 7) is 12.9. The van der Waals surface area contributed by atoms with E-state index >= 15 is 0 Å². The maximum atomic E-state index is 13.3. The summed E-state index contributed by atoms with van der Waals surface area (Å²) in [5.41, 5.74) is 5.21. The Morgan fingerprint density at radius 1 is 0.792 bits per heavy atom. The van der Waals surface area contributed by atoms with Gasteiger partial charge in [-0.15, -0.1) is 0 Å². The van der Waals surface area contributed by atoms with Crippen molar-refractivity contribution in [1.29, 1.82) is 0 Å². The van der Waals surface area contributed by atoms with Crippen molar-refractivity contribution in [2.45, 2.75) is 144 Å². The van der Waals surface area contributed by atoms with Crippen LogP contribution >= 0.6 is 24.4 Å². The zero-order chi connectivity index (χ0) is 72.6. The number of ether oxygens (including phenoxy) is 7. The summed E-state index contributed by atoms with van der Waals surface area (Å²) in [7, 11) is -9.20. The summed E-state index contributed by atoms with van der Waals surface area (Å²) < 4.78 is 111. The van der Waals surface area contributed by atoms with Crippen molar-refractivity contribution >= 4 is 85.9 Å². The summed E-state index contributed by atoms with van der Waals surface area (Å²) in [4.78, 5) is 78.4. The van der Waals surface area contributed by atoms with Crippen LogP contribution in [0.3, 0.4) is 0 Å². The normalized spacial score (nSPS) is 21.8. The van der Waals surface area contributed by atoms with Crippen molar-refractivity contribution in [2.75, 3.05) is 147 Å². The van der Waals surface area contributed by atoms with Crippen LogP contribution in [0, 0.1) is 5.41 Å². The molecule has 101 heavy (non-hydrogen) atoms. The number of fused-ring (bicyclic) bond motifs is 3. The van der Waals surface area contributed by atoms with E-state index in [1.54, 1.807) is 6.07 Å². The number of carbonyl (C=O) groups is 6. The number of hydrogen-bond acceptors (Lipinski definition) is 22. The molecule has 0 bridgehead atoms. The molecule has 0 radical (unpaired) electrons. The molecule has 8 rings (SSSR count). The van der Waals surface area contributed by atoms with E-state index in [2.05, 4.69) is 87.7 Å². The fraction of sp³-hybridized carbons (Fsp3) is 0.652. The van der Waals surface area contributed by atoms with Crippen LogP contribution in [0.5, 0.6) is 0 Å². The van der Waals surface area contributed by atoms with Crippen LogP contribution in [0.2, 0.25) is 0 Å². The van der Waals surface area contributed by atoms with E-state index in [1.165, 1.54) is 23.3 Å². The van der Waals surface area contributed by atoms with Gasteiger partial charge in [-0.05, 0) is 137 Å². The number of amides is 7. The number of piperidine rings is 2. The Morgan fingerprint density at radius 3 is 2.04 bits per heavy atom. The molecule has 1 aromatic rings. The molecule has 4 saturated heterocycles. The quantitative estimate of drug-likeness (QED) is 0.0193. The molecule has 7 amide bonds. The van der Waals surface area contributed by atoms with Crippen LogP contribution in [0.1, 0.15) is 110 Å².